The van der Waals surface area contributed by atoms with Gasteiger partial charge < -0.3 is 4.90 Å². The van der Waals surface area contributed by atoms with Gasteiger partial charge in [0.2, 0.25) is 15.9 Å². The molecule has 126 valence electrons. The Morgan fingerprint density at radius 3 is 2.74 bits per heavy atom. The number of rotatable bonds is 3. The lowest BCUT2D eigenvalue weighted by Crippen LogP contribution is -2.64. The maximum atomic E-state index is 12.5. The van der Waals surface area contributed by atoms with Gasteiger partial charge in [0.1, 0.15) is 0 Å². The molecule has 2 aliphatic heterocycles. The van der Waals surface area contributed by atoms with Gasteiger partial charge in [-0.1, -0.05) is 0 Å². The Morgan fingerprint density at radius 1 is 1.30 bits per heavy atom. The summed E-state index contributed by atoms with van der Waals surface area (Å²) in [6.07, 6.45) is 2.37. The van der Waals surface area contributed by atoms with Crippen LogP contribution in [0.2, 0.25) is 0 Å². The lowest BCUT2D eigenvalue weighted by molar-refractivity contribution is -0.123. The molecule has 23 heavy (non-hydrogen) atoms. The van der Waals surface area contributed by atoms with Gasteiger partial charge in [-0.3, -0.25) is 9.69 Å². The quantitative estimate of drug-likeness (QED) is 0.810. The highest BCUT2D eigenvalue weighted by atomic mass is 32.2. The van der Waals surface area contributed by atoms with Gasteiger partial charge in [-0.2, -0.15) is 15.6 Å². The topological polar surface area (TPSA) is 60.9 Å². The van der Waals surface area contributed by atoms with E-state index in [1.807, 2.05) is 28.8 Å². The predicted molar refractivity (Wildman–Crippen MR) is 90.2 cm³/mol. The number of amides is 1. The van der Waals surface area contributed by atoms with Crippen LogP contribution in [0.15, 0.2) is 16.8 Å². The molecule has 3 fully saturated rings. The molecule has 0 radical (unpaired) electrons. The number of hydrogen-bond acceptors (Lipinski definition) is 5. The zero-order valence-corrected chi connectivity index (χ0v) is 14.8. The van der Waals surface area contributed by atoms with Crippen LogP contribution in [-0.4, -0.2) is 67.5 Å². The first-order valence-corrected chi connectivity index (χ1v) is 10.4. The molecular weight excluding hydrogens is 334 g/mol. The maximum Gasteiger partial charge on any atom is 0.241 e. The summed E-state index contributed by atoms with van der Waals surface area (Å²) in [7, 11) is -1.20. The van der Waals surface area contributed by atoms with Crippen LogP contribution in [0.5, 0.6) is 0 Å². The molecule has 3 aliphatic rings. The molecule has 0 unspecified atom stereocenters. The minimum atomic E-state index is -3.14. The Kier molecular flexibility index (Phi) is 3.57. The van der Waals surface area contributed by atoms with E-state index in [0.29, 0.717) is 26.2 Å². The molecular formula is C15H21N3O3S2. The Balaban J connectivity index is 1.59. The summed E-state index contributed by atoms with van der Waals surface area (Å²) in [6, 6.07) is 1.95. The molecule has 1 aromatic rings. The molecule has 3 heterocycles. The average molecular weight is 355 g/mol. The van der Waals surface area contributed by atoms with Crippen molar-refractivity contribution >= 4 is 33.0 Å². The van der Waals surface area contributed by atoms with Gasteiger partial charge in [0, 0.05) is 25.0 Å². The SMILES string of the molecule is CN1CC(=O)N(c2ccsc2)C[C@]12CCN(S(=O)(=O)C1CC1)C2. The molecule has 1 amide bonds. The van der Waals surface area contributed by atoms with Crippen molar-refractivity contribution in [3.05, 3.63) is 16.8 Å². The van der Waals surface area contributed by atoms with Crippen molar-refractivity contribution in [3.63, 3.8) is 0 Å². The first-order chi connectivity index (χ1) is 10.9. The summed E-state index contributed by atoms with van der Waals surface area (Å²) in [5.41, 5.74) is 0.661. The third-order valence-corrected chi connectivity index (χ3v) is 8.37. The van der Waals surface area contributed by atoms with Crippen molar-refractivity contribution in [2.24, 2.45) is 0 Å². The van der Waals surface area contributed by atoms with Crippen LogP contribution < -0.4 is 4.90 Å². The summed E-state index contributed by atoms with van der Waals surface area (Å²) >= 11 is 1.57. The molecule has 1 aromatic heterocycles. The highest BCUT2D eigenvalue weighted by Gasteiger charge is 2.52. The first kappa shape index (κ1) is 15.6. The minimum absolute atomic E-state index is 0.0834. The van der Waals surface area contributed by atoms with Gasteiger partial charge in [0.25, 0.3) is 0 Å². The largest absolute Gasteiger partial charge is 0.309 e. The standard InChI is InChI=1S/C15H21N3O3S2/c1-16-8-14(19)18(12-4-7-22-9-12)11-15(16)5-6-17(10-15)23(20,21)13-2-3-13/h4,7,9,13H,2-3,5-6,8,10-11H2,1H3/t15-/m1/s1. The second kappa shape index (κ2) is 5.27. The molecule has 8 heteroatoms. The fraction of sp³-hybridized carbons (Fsp3) is 0.667. The number of carbonyl (C=O) groups excluding carboxylic acids is 1. The predicted octanol–water partition coefficient (Wildman–Crippen LogP) is 0.963. The van der Waals surface area contributed by atoms with Gasteiger partial charge in [0.15, 0.2) is 0 Å². The Hall–Kier alpha value is -0.960. The fourth-order valence-electron chi connectivity index (χ4n) is 3.66. The van der Waals surface area contributed by atoms with Crippen LogP contribution in [0.25, 0.3) is 0 Å². The van der Waals surface area contributed by atoms with Crippen LogP contribution in [0.1, 0.15) is 19.3 Å². The third kappa shape index (κ3) is 2.52. The number of hydrogen-bond donors (Lipinski definition) is 0. The van der Waals surface area contributed by atoms with E-state index in [1.165, 1.54) is 0 Å². The molecule has 6 nitrogen and oxygen atoms in total. The molecule has 1 spiro atoms. The fourth-order valence-corrected chi connectivity index (χ4v) is 6.22. The van der Waals surface area contributed by atoms with E-state index in [-0.39, 0.29) is 16.7 Å². The van der Waals surface area contributed by atoms with Crippen molar-refractivity contribution in [2.75, 3.05) is 38.1 Å². The van der Waals surface area contributed by atoms with Gasteiger partial charge in [-0.15, -0.1) is 0 Å². The minimum Gasteiger partial charge on any atom is -0.309 e. The van der Waals surface area contributed by atoms with Crippen LogP contribution in [0.3, 0.4) is 0 Å². The second-order valence-electron chi connectivity index (χ2n) is 6.87. The summed E-state index contributed by atoms with van der Waals surface area (Å²) < 4.78 is 26.7. The zero-order valence-electron chi connectivity index (χ0n) is 13.1. The van der Waals surface area contributed by atoms with Gasteiger partial charge in [0.05, 0.1) is 23.0 Å². The summed E-state index contributed by atoms with van der Waals surface area (Å²) in [5, 5.41) is 3.78. The second-order valence-corrected chi connectivity index (χ2v) is 9.86. The number of nitrogens with zero attached hydrogens (tertiary/aromatic N) is 3. The number of likely N-dealkylation sites (N-methyl/N-ethyl adjacent to an activating group) is 1. The molecule has 4 rings (SSSR count). The van der Waals surface area contributed by atoms with Gasteiger partial charge in [-0.05, 0) is 37.8 Å². The average Bonchev–Trinajstić information content (AvgIpc) is 3.07. The number of carbonyl (C=O) groups is 1. The third-order valence-electron chi connectivity index (χ3n) is 5.36. The van der Waals surface area contributed by atoms with Crippen LogP contribution in [0.4, 0.5) is 5.69 Å². The molecule has 1 aliphatic carbocycles. The van der Waals surface area contributed by atoms with E-state index in [9.17, 15) is 13.2 Å². The van der Waals surface area contributed by atoms with Crippen molar-refractivity contribution in [3.8, 4) is 0 Å². The van der Waals surface area contributed by atoms with Crippen LogP contribution >= 0.6 is 11.3 Å². The first-order valence-electron chi connectivity index (χ1n) is 7.95. The Labute approximate surface area is 140 Å². The number of sulfonamides is 1. The van der Waals surface area contributed by atoms with Crippen molar-refractivity contribution in [1.82, 2.24) is 9.21 Å². The van der Waals surface area contributed by atoms with E-state index in [0.717, 1.165) is 24.9 Å². The molecule has 2 saturated heterocycles. The van der Waals surface area contributed by atoms with E-state index >= 15 is 0 Å². The highest BCUT2D eigenvalue weighted by Crippen LogP contribution is 2.38. The van der Waals surface area contributed by atoms with Crippen molar-refractivity contribution in [2.45, 2.75) is 30.1 Å². The molecule has 0 N–H and O–H groups in total. The van der Waals surface area contributed by atoms with Crippen molar-refractivity contribution in [1.29, 1.82) is 0 Å². The van der Waals surface area contributed by atoms with Crippen LogP contribution in [-0.2, 0) is 14.8 Å². The monoisotopic (exact) mass is 355 g/mol. The maximum absolute atomic E-state index is 12.5. The number of thiophene rings is 1. The lowest BCUT2D eigenvalue weighted by Gasteiger charge is -2.46. The summed E-state index contributed by atoms with van der Waals surface area (Å²) in [5.74, 6) is 0.0834. The smallest absolute Gasteiger partial charge is 0.241 e. The Morgan fingerprint density at radius 2 is 2.09 bits per heavy atom. The molecule has 1 saturated carbocycles. The Bertz CT molecular complexity index is 714. The molecule has 0 bridgehead atoms. The molecule has 1 atom stereocenters. The summed E-state index contributed by atoms with van der Waals surface area (Å²) in [6.45, 7) is 1.97. The highest BCUT2D eigenvalue weighted by molar-refractivity contribution is 7.90. The molecule has 0 aromatic carbocycles. The number of anilines is 1. The normalized spacial score (nSPS) is 30.5. The van der Waals surface area contributed by atoms with E-state index < -0.39 is 10.0 Å². The van der Waals surface area contributed by atoms with E-state index in [1.54, 1.807) is 15.6 Å². The van der Waals surface area contributed by atoms with E-state index in [4.69, 9.17) is 0 Å². The van der Waals surface area contributed by atoms with Gasteiger partial charge >= 0.3 is 0 Å². The zero-order chi connectivity index (χ0) is 16.2. The van der Waals surface area contributed by atoms with Gasteiger partial charge in [-0.25, -0.2) is 8.42 Å². The lowest BCUT2D eigenvalue weighted by atomic mass is 9.93. The van der Waals surface area contributed by atoms with E-state index in [2.05, 4.69) is 4.90 Å². The van der Waals surface area contributed by atoms with Crippen molar-refractivity contribution < 1.29 is 13.2 Å². The summed E-state index contributed by atoms with van der Waals surface area (Å²) in [4.78, 5) is 16.3. The van der Waals surface area contributed by atoms with Crippen LogP contribution in [0, 0.1) is 0 Å². The number of piperazine rings is 1.